The van der Waals surface area contributed by atoms with E-state index in [0.29, 0.717) is 30.9 Å². The molecule has 1 fully saturated rings. The van der Waals surface area contributed by atoms with E-state index < -0.39 is 0 Å². The Labute approximate surface area is 83.7 Å². The average Bonchev–Trinajstić information content (AvgIpc) is 2.44. The third-order valence-corrected chi connectivity index (χ3v) is 3.80. The maximum atomic E-state index is 11.8. The Morgan fingerprint density at radius 1 is 1.43 bits per heavy atom. The van der Waals surface area contributed by atoms with Crippen LogP contribution >= 0.6 is 0 Å². The third-order valence-electron chi connectivity index (χ3n) is 3.80. The molecule has 3 rings (SSSR count). The maximum Gasteiger partial charge on any atom is 0.167 e. The number of Topliss-reactive ketones (excluding diaryl/α,β-unsaturated/α-hetero) is 1. The van der Waals surface area contributed by atoms with Gasteiger partial charge >= 0.3 is 0 Å². The number of nitrogens with zero attached hydrogens (tertiary/aromatic N) is 1. The standard InChI is InChI=1S/C11H15NO2/c1-12-7-2-3-8(12)11-9(13)4-5-14-10(11)6-7/h7-8H,2-6H2,1H3. The van der Waals surface area contributed by atoms with Crippen LogP contribution in [0, 0.1) is 0 Å². The summed E-state index contributed by atoms with van der Waals surface area (Å²) in [5.41, 5.74) is 0.993. The first kappa shape index (κ1) is 8.48. The van der Waals surface area contributed by atoms with E-state index >= 15 is 0 Å². The number of ether oxygens (including phenoxy) is 1. The van der Waals surface area contributed by atoms with E-state index in [9.17, 15) is 4.79 Å². The van der Waals surface area contributed by atoms with Gasteiger partial charge in [-0.25, -0.2) is 0 Å². The zero-order valence-corrected chi connectivity index (χ0v) is 8.45. The fraction of sp³-hybridized carbons (Fsp3) is 0.727. The number of carbonyl (C=O) groups is 1. The summed E-state index contributed by atoms with van der Waals surface area (Å²) in [6, 6.07) is 0.973. The Balaban J connectivity index is 2.04. The van der Waals surface area contributed by atoms with E-state index in [1.807, 2.05) is 0 Å². The molecule has 3 heterocycles. The molecule has 0 amide bonds. The Morgan fingerprint density at radius 3 is 3.14 bits per heavy atom. The van der Waals surface area contributed by atoms with Crippen LogP contribution in [0.2, 0.25) is 0 Å². The highest BCUT2D eigenvalue weighted by molar-refractivity contribution is 5.98. The minimum atomic E-state index is 0.323. The van der Waals surface area contributed by atoms with Gasteiger partial charge in [-0.05, 0) is 19.9 Å². The molecule has 0 aromatic carbocycles. The monoisotopic (exact) mass is 193 g/mol. The minimum Gasteiger partial charge on any atom is -0.497 e. The van der Waals surface area contributed by atoms with E-state index in [1.165, 1.54) is 6.42 Å². The first-order valence-corrected chi connectivity index (χ1v) is 5.38. The second-order valence-electron chi connectivity index (χ2n) is 4.48. The molecule has 3 heteroatoms. The second kappa shape index (κ2) is 2.83. The lowest BCUT2D eigenvalue weighted by Crippen LogP contribution is -2.42. The number of carbonyl (C=O) groups excluding carboxylic acids is 1. The molecule has 0 aromatic rings. The average molecular weight is 193 g/mol. The predicted octanol–water partition coefficient (Wildman–Crippen LogP) is 1.10. The summed E-state index contributed by atoms with van der Waals surface area (Å²) in [4.78, 5) is 14.1. The normalized spacial score (nSPS) is 37.1. The van der Waals surface area contributed by atoms with Gasteiger partial charge in [0.15, 0.2) is 5.78 Å². The Kier molecular flexibility index (Phi) is 1.71. The van der Waals surface area contributed by atoms with Crippen molar-refractivity contribution in [2.24, 2.45) is 0 Å². The molecule has 2 unspecified atom stereocenters. The molecule has 0 saturated carbocycles. The molecule has 14 heavy (non-hydrogen) atoms. The number of ketones is 1. The van der Waals surface area contributed by atoms with Crippen molar-refractivity contribution in [3.8, 4) is 0 Å². The van der Waals surface area contributed by atoms with E-state index in [4.69, 9.17) is 4.74 Å². The highest BCUT2D eigenvalue weighted by Gasteiger charge is 2.43. The summed E-state index contributed by atoms with van der Waals surface area (Å²) in [6.45, 7) is 0.598. The SMILES string of the molecule is CN1C2CCC1C1=C(C2)OCCC1=O. The van der Waals surface area contributed by atoms with Crippen molar-refractivity contribution in [3.63, 3.8) is 0 Å². The summed E-state index contributed by atoms with van der Waals surface area (Å²) in [7, 11) is 2.13. The zero-order chi connectivity index (χ0) is 9.71. The van der Waals surface area contributed by atoms with Gasteiger partial charge in [-0.1, -0.05) is 0 Å². The van der Waals surface area contributed by atoms with Crippen molar-refractivity contribution in [3.05, 3.63) is 11.3 Å². The number of fused-ring (bicyclic) bond motifs is 3. The van der Waals surface area contributed by atoms with Gasteiger partial charge in [0.1, 0.15) is 5.76 Å². The summed E-state index contributed by atoms with van der Waals surface area (Å²) >= 11 is 0. The van der Waals surface area contributed by atoms with Crippen molar-refractivity contribution in [2.75, 3.05) is 13.7 Å². The fourth-order valence-corrected chi connectivity index (χ4v) is 3.00. The molecule has 0 N–H and O–H groups in total. The highest BCUT2D eigenvalue weighted by Crippen LogP contribution is 2.40. The van der Waals surface area contributed by atoms with Crippen LogP contribution in [0.3, 0.4) is 0 Å². The maximum absolute atomic E-state index is 11.8. The van der Waals surface area contributed by atoms with Crippen molar-refractivity contribution in [1.82, 2.24) is 4.90 Å². The molecule has 2 atom stereocenters. The predicted molar refractivity (Wildman–Crippen MR) is 51.8 cm³/mol. The highest BCUT2D eigenvalue weighted by atomic mass is 16.5. The van der Waals surface area contributed by atoms with Crippen LogP contribution in [0.15, 0.2) is 11.3 Å². The quantitative estimate of drug-likeness (QED) is 0.577. The van der Waals surface area contributed by atoms with Crippen molar-refractivity contribution in [1.29, 1.82) is 0 Å². The van der Waals surface area contributed by atoms with Gasteiger partial charge in [0, 0.05) is 24.9 Å². The van der Waals surface area contributed by atoms with Crippen LogP contribution in [0.4, 0.5) is 0 Å². The fourth-order valence-electron chi connectivity index (χ4n) is 3.00. The number of hydrogen-bond donors (Lipinski definition) is 0. The molecule has 0 aromatic heterocycles. The third kappa shape index (κ3) is 0.989. The zero-order valence-electron chi connectivity index (χ0n) is 8.45. The molecule has 2 bridgehead atoms. The van der Waals surface area contributed by atoms with Crippen molar-refractivity contribution in [2.45, 2.75) is 37.8 Å². The van der Waals surface area contributed by atoms with Gasteiger partial charge in [-0.3, -0.25) is 9.69 Å². The lowest BCUT2D eigenvalue weighted by atomic mass is 9.93. The topological polar surface area (TPSA) is 29.5 Å². The van der Waals surface area contributed by atoms with E-state index in [2.05, 4.69) is 11.9 Å². The van der Waals surface area contributed by atoms with Crippen LogP contribution < -0.4 is 0 Å². The summed E-state index contributed by atoms with van der Waals surface area (Å²) in [5.74, 6) is 1.33. The molecule has 3 aliphatic rings. The van der Waals surface area contributed by atoms with Crippen LogP contribution in [0.25, 0.3) is 0 Å². The van der Waals surface area contributed by atoms with Crippen LogP contribution in [0.1, 0.15) is 25.7 Å². The Hall–Kier alpha value is -0.830. The molecular weight excluding hydrogens is 178 g/mol. The smallest absolute Gasteiger partial charge is 0.167 e. The van der Waals surface area contributed by atoms with Crippen LogP contribution in [-0.2, 0) is 9.53 Å². The summed E-state index contributed by atoms with van der Waals surface area (Å²) in [5, 5.41) is 0. The molecule has 0 radical (unpaired) electrons. The number of likely N-dealkylation sites (N-methyl/N-ethyl adjacent to an activating group) is 1. The molecule has 76 valence electrons. The van der Waals surface area contributed by atoms with Gasteiger partial charge in [-0.2, -0.15) is 0 Å². The lowest BCUT2D eigenvalue weighted by Gasteiger charge is -2.36. The van der Waals surface area contributed by atoms with Gasteiger partial charge in [-0.15, -0.1) is 0 Å². The van der Waals surface area contributed by atoms with Crippen LogP contribution in [0.5, 0.6) is 0 Å². The summed E-state index contributed by atoms with van der Waals surface area (Å²) < 4.78 is 5.61. The minimum absolute atomic E-state index is 0.323. The van der Waals surface area contributed by atoms with Crippen LogP contribution in [-0.4, -0.2) is 36.4 Å². The van der Waals surface area contributed by atoms with Gasteiger partial charge < -0.3 is 4.74 Å². The van der Waals surface area contributed by atoms with E-state index in [1.54, 1.807) is 0 Å². The molecular formula is C11H15NO2. The van der Waals surface area contributed by atoms with Gasteiger partial charge in [0.25, 0.3) is 0 Å². The van der Waals surface area contributed by atoms with E-state index in [-0.39, 0.29) is 0 Å². The molecule has 3 nitrogen and oxygen atoms in total. The first-order chi connectivity index (χ1) is 6.77. The molecule has 0 aliphatic carbocycles. The van der Waals surface area contributed by atoms with Gasteiger partial charge in [0.05, 0.1) is 12.2 Å². The van der Waals surface area contributed by atoms with E-state index in [0.717, 1.165) is 24.2 Å². The second-order valence-corrected chi connectivity index (χ2v) is 4.48. The number of rotatable bonds is 0. The first-order valence-electron chi connectivity index (χ1n) is 5.38. The number of hydrogen-bond acceptors (Lipinski definition) is 3. The van der Waals surface area contributed by atoms with Crippen molar-refractivity contribution < 1.29 is 9.53 Å². The molecule has 0 spiro atoms. The Morgan fingerprint density at radius 2 is 2.29 bits per heavy atom. The lowest BCUT2D eigenvalue weighted by molar-refractivity contribution is -0.119. The van der Waals surface area contributed by atoms with Crippen molar-refractivity contribution >= 4 is 5.78 Å². The molecule has 1 saturated heterocycles. The largest absolute Gasteiger partial charge is 0.497 e. The summed E-state index contributed by atoms with van der Waals surface area (Å²) in [6.07, 6.45) is 3.88. The Bertz CT molecular complexity index is 321. The molecule has 3 aliphatic heterocycles. The van der Waals surface area contributed by atoms with Gasteiger partial charge in [0.2, 0.25) is 0 Å².